The van der Waals surface area contributed by atoms with Crippen LogP contribution in [0.3, 0.4) is 0 Å². The molecule has 1 aromatic rings. The van der Waals surface area contributed by atoms with E-state index in [0.717, 1.165) is 43.1 Å². The van der Waals surface area contributed by atoms with Crippen LogP contribution in [0.25, 0.3) is 0 Å². The first-order valence-electron chi connectivity index (χ1n) is 9.64. The van der Waals surface area contributed by atoms with Crippen molar-refractivity contribution < 1.29 is 19.2 Å². The Balaban J connectivity index is 1.60. The number of rotatable bonds is 5. The molecule has 5 nitrogen and oxygen atoms in total. The fraction of sp³-hybridized carbons (Fsp3) is 0.650. The van der Waals surface area contributed by atoms with Gasteiger partial charge in [-0.3, -0.25) is 0 Å². The standard InChI is InChI=1S/C20H30BNO4/c1-19(2)20(3,4)26-21(25-19)16-11-9-15(10-12-16)13-14-22(18(23)24)17-7-5-6-8-17/h9-12,17H,5-8,13-14H2,1-4H3,(H,23,24). The topological polar surface area (TPSA) is 59.0 Å². The van der Waals surface area contributed by atoms with Crippen LogP contribution in [0.1, 0.15) is 58.9 Å². The lowest BCUT2D eigenvalue weighted by molar-refractivity contribution is 0.00578. The molecule has 6 heteroatoms. The molecule has 1 heterocycles. The molecule has 0 aromatic heterocycles. The molecule has 0 radical (unpaired) electrons. The molecule has 1 aliphatic heterocycles. The van der Waals surface area contributed by atoms with Gasteiger partial charge in [0.05, 0.1) is 11.2 Å². The molecule has 1 aromatic carbocycles. The van der Waals surface area contributed by atoms with Gasteiger partial charge in [0.25, 0.3) is 0 Å². The summed E-state index contributed by atoms with van der Waals surface area (Å²) in [5.74, 6) is 0. The van der Waals surface area contributed by atoms with Crippen molar-refractivity contribution in [3.8, 4) is 0 Å². The van der Waals surface area contributed by atoms with Crippen LogP contribution in [0.15, 0.2) is 24.3 Å². The minimum atomic E-state index is -0.800. The Morgan fingerprint density at radius 3 is 2.15 bits per heavy atom. The first-order valence-corrected chi connectivity index (χ1v) is 9.64. The van der Waals surface area contributed by atoms with Crippen LogP contribution >= 0.6 is 0 Å². The van der Waals surface area contributed by atoms with Crippen LogP contribution in [0, 0.1) is 0 Å². The van der Waals surface area contributed by atoms with Gasteiger partial charge in [-0.05, 0) is 58.0 Å². The second-order valence-electron chi connectivity index (χ2n) is 8.49. The zero-order valence-corrected chi connectivity index (χ0v) is 16.3. The molecule has 1 N–H and O–H groups in total. The second-order valence-corrected chi connectivity index (χ2v) is 8.49. The number of nitrogens with zero attached hydrogens (tertiary/aromatic N) is 1. The first-order chi connectivity index (χ1) is 12.2. The van der Waals surface area contributed by atoms with E-state index in [1.807, 2.05) is 39.8 Å². The summed E-state index contributed by atoms with van der Waals surface area (Å²) in [6.07, 6.45) is 4.19. The average molecular weight is 359 g/mol. The minimum Gasteiger partial charge on any atom is -0.465 e. The molecule has 3 rings (SSSR count). The molecule has 1 amide bonds. The molecule has 1 saturated carbocycles. The Bertz CT molecular complexity index is 622. The fourth-order valence-electron chi connectivity index (χ4n) is 3.72. The van der Waals surface area contributed by atoms with Crippen LogP contribution in [-0.2, 0) is 15.7 Å². The molecule has 0 unspecified atom stereocenters. The molecule has 0 atom stereocenters. The molecule has 2 aliphatic rings. The highest BCUT2D eigenvalue weighted by atomic mass is 16.7. The third-order valence-corrected chi connectivity index (χ3v) is 6.16. The Hall–Kier alpha value is -1.53. The highest BCUT2D eigenvalue weighted by Gasteiger charge is 2.51. The number of hydrogen-bond donors (Lipinski definition) is 1. The predicted molar refractivity (Wildman–Crippen MR) is 103 cm³/mol. The van der Waals surface area contributed by atoms with Crippen LogP contribution in [0.5, 0.6) is 0 Å². The van der Waals surface area contributed by atoms with Crippen LogP contribution in [0.2, 0.25) is 0 Å². The summed E-state index contributed by atoms with van der Waals surface area (Å²) in [5.41, 5.74) is 1.44. The Kier molecular flexibility index (Phi) is 5.36. The molecule has 2 fully saturated rings. The number of hydrogen-bond acceptors (Lipinski definition) is 3. The largest absolute Gasteiger partial charge is 0.494 e. The number of benzene rings is 1. The molecule has 1 aliphatic carbocycles. The minimum absolute atomic E-state index is 0.191. The summed E-state index contributed by atoms with van der Waals surface area (Å²) in [5, 5.41) is 9.49. The quantitative estimate of drug-likeness (QED) is 0.818. The van der Waals surface area contributed by atoms with Crippen molar-refractivity contribution >= 4 is 18.7 Å². The molecule has 0 bridgehead atoms. The van der Waals surface area contributed by atoms with E-state index in [-0.39, 0.29) is 24.4 Å². The van der Waals surface area contributed by atoms with Crippen molar-refractivity contribution in [2.75, 3.05) is 6.54 Å². The van der Waals surface area contributed by atoms with Crippen molar-refractivity contribution in [3.05, 3.63) is 29.8 Å². The summed E-state index contributed by atoms with van der Waals surface area (Å²) in [6, 6.07) is 8.34. The first kappa shape index (κ1) is 19.2. The van der Waals surface area contributed by atoms with E-state index in [0.29, 0.717) is 6.54 Å². The third-order valence-electron chi connectivity index (χ3n) is 6.16. The lowest BCUT2D eigenvalue weighted by Crippen LogP contribution is -2.41. The molecule has 142 valence electrons. The Morgan fingerprint density at radius 2 is 1.65 bits per heavy atom. The highest BCUT2D eigenvalue weighted by Crippen LogP contribution is 2.36. The zero-order valence-electron chi connectivity index (χ0n) is 16.3. The summed E-state index contributed by atoms with van der Waals surface area (Å²) in [6.45, 7) is 8.74. The third kappa shape index (κ3) is 3.91. The molecular weight excluding hydrogens is 329 g/mol. The van der Waals surface area contributed by atoms with E-state index in [4.69, 9.17) is 9.31 Å². The van der Waals surface area contributed by atoms with E-state index >= 15 is 0 Å². The molecular formula is C20H30BNO4. The van der Waals surface area contributed by atoms with Gasteiger partial charge in [0, 0.05) is 12.6 Å². The molecule has 26 heavy (non-hydrogen) atoms. The summed E-state index contributed by atoms with van der Waals surface area (Å²) in [7, 11) is -0.358. The van der Waals surface area contributed by atoms with Crippen molar-refractivity contribution in [1.82, 2.24) is 4.90 Å². The van der Waals surface area contributed by atoms with Gasteiger partial charge in [-0.1, -0.05) is 37.1 Å². The maximum absolute atomic E-state index is 11.6. The Morgan fingerprint density at radius 1 is 1.12 bits per heavy atom. The van der Waals surface area contributed by atoms with Crippen LogP contribution in [-0.4, -0.2) is 47.0 Å². The van der Waals surface area contributed by atoms with E-state index < -0.39 is 6.09 Å². The lowest BCUT2D eigenvalue weighted by atomic mass is 9.79. The predicted octanol–water partition coefficient (Wildman–Crippen LogP) is 3.45. The smallest absolute Gasteiger partial charge is 0.465 e. The van der Waals surface area contributed by atoms with Crippen molar-refractivity contribution in [2.24, 2.45) is 0 Å². The number of amides is 1. The molecule has 1 saturated heterocycles. The highest BCUT2D eigenvalue weighted by molar-refractivity contribution is 6.62. The lowest BCUT2D eigenvalue weighted by Gasteiger charge is -2.32. The average Bonchev–Trinajstić information content (AvgIpc) is 3.15. The summed E-state index contributed by atoms with van der Waals surface area (Å²) < 4.78 is 12.2. The van der Waals surface area contributed by atoms with Gasteiger partial charge in [0.2, 0.25) is 0 Å². The van der Waals surface area contributed by atoms with Crippen molar-refractivity contribution in [1.29, 1.82) is 0 Å². The zero-order chi connectivity index (χ0) is 18.9. The van der Waals surface area contributed by atoms with Gasteiger partial charge in [-0.2, -0.15) is 0 Å². The van der Waals surface area contributed by atoms with Crippen molar-refractivity contribution in [3.63, 3.8) is 0 Å². The maximum Gasteiger partial charge on any atom is 0.494 e. The van der Waals surface area contributed by atoms with Crippen molar-refractivity contribution in [2.45, 2.75) is 77.0 Å². The number of carboxylic acid groups (broad SMARTS) is 1. The maximum atomic E-state index is 11.6. The van der Waals surface area contributed by atoms with E-state index in [1.165, 1.54) is 0 Å². The SMILES string of the molecule is CC1(C)OB(c2ccc(CCN(C(=O)O)C3CCCC3)cc2)OC1(C)C. The Labute approximate surface area is 156 Å². The summed E-state index contributed by atoms with van der Waals surface area (Å²) in [4.78, 5) is 13.2. The van der Waals surface area contributed by atoms with E-state index in [1.54, 1.807) is 4.90 Å². The normalized spacial score (nSPS) is 21.9. The van der Waals surface area contributed by atoms with Gasteiger partial charge < -0.3 is 19.3 Å². The second kappa shape index (κ2) is 7.24. The van der Waals surface area contributed by atoms with Gasteiger partial charge in [-0.15, -0.1) is 0 Å². The molecule has 0 spiro atoms. The van der Waals surface area contributed by atoms with E-state index in [9.17, 15) is 9.90 Å². The number of carbonyl (C=O) groups is 1. The van der Waals surface area contributed by atoms with Crippen LogP contribution < -0.4 is 5.46 Å². The van der Waals surface area contributed by atoms with Gasteiger partial charge in [-0.25, -0.2) is 4.79 Å². The van der Waals surface area contributed by atoms with Gasteiger partial charge in [0.1, 0.15) is 0 Å². The van der Waals surface area contributed by atoms with Gasteiger partial charge >= 0.3 is 13.2 Å². The van der Waals surface area contributed by atoms with E-state index in [2.05, 4.69) is 12.1 Å². The van der Waals surface area contributed by atoms with Gasteiger partial charge in [0.15, 0.2) is 0 Å². The monoisotopic (exact) mass is 359 g/mol. The fourth-order valence-corrected chi connectivity index (χ4v) is 3.72. The summed E-state index contributed by atoms with van der Waals surface area (Å²) >= 11 is 0. The van der Waals surface area contributed by atoms with Crippen LogP contribution in [0.4, 0.5) is 4.79 Å².